The van der Waals surface area contributed by atoms with Crippen LogP contribution in [0, 0.1) is 0 Å². The Balaban J connectivity index is 1.10. The molecule has 3 aromatic heterocycles. The smallest absolute Gasteiger partial charge is 0.251 e. The number of nitrogens with one attached hydrogen (secondary N) is 1. The summed E-state index contributed by atoms with van der Waals surface area (Å²) in [6.45, 7) is 0.273. The van der Waals surface area contributed by atoms with Gasteiger partial charge >= 0.3 is 0 Å². The molecule has 3 aromatic carbocycles. The van der Waals surface area contributed by atoms with Crippen LogP contribution >= 0.6 is 11.3 Å². The monoisotopic (exact) mass is 478 g/mol. The van der Waals surface area contributed by atoms with Crippen LogP contribution in [0.5, 0.6) is 0 Å². The van der Waals surface area contributed by atoms with E-state index in [4.69, 9.17) is 8.83 Å². The molecule has 0 unspecified atom stereocenters. The lowest BCUT2D eigenvalue weighted by molar-refractivity contribution is 0.0948. The number of benzene rings is 3. The Morgan fingerprint density at radius 2 is 1.49 bits per heavy atom. The number of amides is 1. The molecule has 0 radical (unpaired) electrons. The predicted molar refractivity (Wildman–Crippen MR) is 134 cm³/mol. The molecule has 0 aliphatic rings. The molecule has 170 valence electrons. The molecular weight excluding hydrogens is 460 g/mol. The molecule has 1 N–H and O–H groups in total. The van der Waals surface area contributed by atoms with E-state index in [0.717, 1.165) is 26.4 Å². The van der Waals surface area contributed by atoms with Gasteiger partial charge in [0.05, 0.1) is 16.8 Å². The maximum Gasteiger partial charge on any atom is 0.251 e. The average Bonchev–Trinajstić information content (AvgIpc) is 3.67. The topological polar surface area (TPSA) is 94.1 Å². The van der Waals surface area contributed by atoms with E-state index in [1.165, 1.54) is 0 Å². The number of hydrogen-bond acceptors (Lipinski definition) is 7. The van der Waals surface area contributed by atoms with Crippen molar-refractivity contribution in [3.05, 3.63) is 102 Å². The van der Waals surface area contributed by atoms with E-state index in [0.29, 0.717) is 28.9 Å². The molecule has 0 fully saturated rings. The second kappa shape index (κ2) is 9.00. The number of thiazole rings is 1. The number of fused-ring (bicyclic) bond motifs is 1. The van der Waals surface area contributed by atoms with Crippen molar-refractivity contribution in [1.82, 2.24) is 20.5 Å². The van der Waals surface area contributed by atoms with Crippen molar-refractivity contribution in [3.8, 4) is 33.7 Å². The van der Waals surface area contributed by atoms with Crippen molar-refractivity contribution >= 4 is 27.5 Å². The molecule has 7 nitrogen and oxygen atoms in total. The molecule has 0 bridgehead atoms. The molecule has 0 atom stereocenters. The molecule has 35 heavy (non-hydrogen) atoms. The summed E-state index contributed by atoms with van der Waals surface area (Å²) in [5.74, 6) is 1.99. The SMILES string of the molecule is O=C(NCc1ccc(-c2nc3ccccc3s2)o1)c1ccc(-c2nnc(-c3ccccc3)o2)cc1. The van der Waals surface area contributed by atoms with Crippen LogP contribution in [0.2, 0.25) is 0 Å². The third-order valence-corrected chi connectivity index (χ3v) is 6.48. The highest BCUT2D eigenvalue weighted by molar-refractivity contribution is 7.21. The van der Waals surface area contributed by atoms with Crippen molar-refractivity contribution in [2.24, 2.45) is 0 Å². The van der Waals surface area contributed by atoms with Crippen LogP contribution in [0.25, 0.3) is 43.9 Å². The van der Waals surface area contributed by atoms with Crippen LogP contribution in [0.15, 0.2) is 99.8 Å². The Bertz CT molecular complexity index is 1580. The fourth-order valence-electron chi connectivity index (χ4n) is 3.64. The summed E-state index contributed by atoms with van der Waals surface area (Å²) in [5, 5.41) is 11.9. The van der Waals surface area contributed by atoms with Crippen LogP contribution in [-0.2, 0) is 6.54 Å². The minimum Gasteiger partial charge on any atom is -0.457 e. The maximum absolute atomic E-state index is 12.6. The van der Waals surface area contributed by atoms with Gasteiger partial charge < -0.3 is 14.2 Å². The Kier molecular flexibility index (Phi) is 5.40. The van der Waals surface area contributed by atoms with Gasteiger partial charge in [-0.3, -0.25) is 4.79 Å². The van der Waals surface area contributed by atoms with Gasteiger partial charge in [0.2, 0.25) is 11.8 Å². The number of nitrogens with zero attached hydrogens (tertiary/aromatic N) is 3. The molecular formula is C27H18N4O3S. The number of furan rings is 1. The summed E-state index contributed by atoms with van der Waals surface area (Å²) in [7, 11) is 0. The third kappa shape index (κ3) is 4.34. The van der Waals surface area contributed by atoms with Crippen LogP contribution in [0.3, 0.4) is 0 Å². The third-order valence-electron chi connectivity index (χ3n) is 5.43. The first-order valence-electron chi connectivity index (χ1n) is 11.0. The van der Waals surface area contributed by atoms with Crippen molar-refractivity contribution < 1.29 is 13.6 Å². The van der Waals surface area contributed by atoms with Gasteiger partial charge in [-0.15, -0.1) is 21.5 Å². The fourth-order valence-corrected chi connectivity index (χ4v) is 4.56. The lowest BCUT2D eigenvalue weighted by atomic mass is 10.1. The van der Waals surface area contributed by atoms with Gasteiger partial charge in [0.25, 0.3) is 5.91 Å². The highest BCUT2D eigenvalue weighted by atomic mass is 32.1. The van der Waals surface area contributed by atoms with Crippen LogP contribution in [0.1, 0.15) is 16.1 Å². The molecule has 8 heteroatoms. The number of rotatable bonds is 6. The second-order valence-corrected chi connectivity index (χ2v) is 8.82. The van der Waals surface area contributed by atoms with Crippen LogP contribution < -0.4 is 5.32 Å². The molecule has 0 saturated heterocycles. The van der Waals surface area contributed by atoms with Gasteiger partial charge in [0.15, 0.2) is 10.8 Å². The lowest BCUT2D eigenvalue weighted by Crippen LogP contribution is -2.22. The summed E-state index contributed by atoms with van der Waals surface area (Å²) in [4.78, 5) is 17.2. The van der Waals surface area contributed by atoms with Crippen molar-refractivity contribution in [3.63, 3.8) is 0 Å². The minimum absolute atomic E-state index is 0.204. The summed E-state index contributed by atoms with van der Waals surface area (Å²) in [6, 6.07) is 28.3. The first-order valence-corrected chi connectivity index (χ1v) is 11.8. The van der Waals surface area contributed by atoms with E-state index in [1.807, 2.05) is 66.7 Å². The van der Waals surface area contributed by atoms with E-state index < -0.39 is 0 Å². The predicted octanol–water partition coefficient (Wildman–Crippen LogP) is 6.20. The number of carbonyl (C=O) groups excluding carboxylic acids is 1. The first kappa shape index (κ1) is 21.0. The zero-order chi connectivity index (χ0) is 23.6. The molecule has 1 amide bonds. The standard InChI is InChI=1S/C27H18N4O3S/c32-24(28-16-20-14-15-22(33-20)27-29-21-8-4-5-9-23(21)35-27)17-10-12-19(13-11-17)26-31-30-25(34-26)18-6-2-1-3-7-18/h1-15H,16H2,(H,28,32). The summed E-state index contributed by atoms with van der Waals surface area (Å²) >= 11 is 1.58. The second-order valence-electron chi connectivity index (χ2n) is 7.79. The Labute approximate surface area is 204 Å². The van der Waals surface area contributed by atoms with Gasteiger partial charge in [-0.25, -0.2) is 4.98 Å². The highest BCUT2D eigenvalue weighted by Crippen LogP contribution is 2.31. The molecule has 6 aromatic rings. The largest absolute Gasteiger partial charge is 0.457 e. The van der Waals surface area contributed by atoms with Crippen LogP contribution in [0.4, 0.5) is 0 Å². The van der Waals surface area contributed by atoms with Gasteiger partial charge in [-0.2, -0.15) is 0 Å². The average molecular weight is 479 g/mol. The molecule has 3 heterocycles. The van der Waals surface area contributed by atoms with Gasteiger partial charge in [-0.1, -0.05) is 30.3 Å². The van der Waals surface area contributed by atoms with Crippen LogP contribution in [-0.4, -0.2) is 21.1 Å². The lowest BCUT2D eigenvalue weighted by Gasteiger charge is -2.04. The van der Waals surface area contributed by atoms with Gasteiger partial charge in [-0.05, 0) is 60.7 Å². The van der Waals surface area contributed by atoms with E-state index >= 15 is 0 Å². The maximum atomic E-state index is 12.6. The summed E-state index contributed by atoms with van der Waals surface area (Å²) in [5.41, 5.74) is 3.06. The number of hydrogen-bond donors (Lipinski definition) is 1. The normalized spacial score (nSPS) is 11.1. The van der Waals surface area contributed by atoms with E-state index in [2.05, 4.69) is 20.5 Å². The van der Waals surface area contributed by atoms with Gasteiger partial charge in [0.1, 0.15) is 5.76 Å². The zero-order valence-electron chi connectivity index (χ0n) is 18.3. The van der Waals surface area contributed by atoms with E-state index in [1.54, 1.807) is 35.6 Å². The van der Waals surface area contributed by atoms with Gasteiger partial charge in [0, 0.05) is 16.7 Å². The quantitative estimate of drug-likeness (QED) is 0.306. The zero-order valence-corrected chi connectivity index (χ0v) is 19.2. The minimum atomic E-state index is -0.204. The number of carbonyl (C=O) groups is 1. The molecule has 0 aliphatic carbocycles. The highest BCUT2D eigenvalue weighted by Gasteiger charge is 2.14. The summed E-state index contributed by atoms with van der Waals surface area (Å²) in [6.07, 6.45) is 0. The Morgan fingerprint density at radius 1 is 0.771 bits per heavy atom. The van der Waals surface area contributed by atoms with Crippen molar-refractivity contribution in [1.29, 1.82) is 0 Å². The van der Waals surface area contributed by atoms with Crippen molar-refractivity contribution in [2.45, 2.75) is 6.54 Å². The van der Waals surface area contributed by atoms with E-state index in [9.17, 15) is 4.79 Å². The first-order chi connectivity index (χ1) is 17.2. The van der Waals surface area contributed by atoms with Crippen molar-refractivity contribution in [2.75, 3.05) is 0 Å². The Morgan fingerprint density at radius 3 is 2.26 bits per heavy atom. The molecule has 0 aliphatic heterocycles. The fraction of sp³-hybridized carbons (Fsp3) is 0.0370. The number of para-hydroxylation sites is 1. The number of aromatic nitrogens is 3. The summed E-state index contributed by atoms with van der Waals surface area (Å²) < 4.78 is 12.8. The van der Waals surface area contributed by atoms with E-state index in [-0.39, 0.29) is 12.5 Å². The molecule has 6 rings (SSSR count). The molecule has 0 spiro atoms. The Hall–Kier alpha value is -4.56. The molecule has 0 saturated carbocycles.